The zero-order valence-electron chi connectivity index (χ0n) is 20.3. The number of aromatic hydroxyl groups is 1. The number of aryl methyl sites for hydroxylation is 1. The maximum atomic E-state index is 13.6. The van der Waals surface area contributed by atoms with Crippen LogP contribution in [0.3, 0.4) is 0 Å². The molecule has 1 heterocycles. The Hall–Kier alpha value is -4.26. The highest BCUT2D eigenvalue weighted by atomic mass is 16.5. The van der Waals surface area contributed by atoms with Crippen molar-refractivity contribution in [2.75, 3.05) is 18.1 Å². The van der Waals surface area contributed by atoms with Crippen LogP contribution in [-0.2, 0) is 17.6 Å². The lowest BCUT2D eigenvalue weighted by Gasteiger charge is -2.08. The molecule has 0 saturated heterocycles. The van der Waals surface area contributed by atoms with E-state index in [1.54, 1.807) is 13.0 Å². The Morgan fingerprint density at radius 3 is 2.36 bits per heavy atom. The molecule has 1 aromatic heterocycles. The number of furan rings is 1. The van der Waals surface area contributed by atoms with Gasteiger partial charge in [-0.15, -0.1) is 0 Å². The number of carbonyl (C=O) groups is 2. The minimum absolute atomic E-state index is 0.0308. The van der Waals surface area contributed by atoms with Gasteiger partial charge in [0.15, 0.2) is 11.5 Å². The van der Waals surface area contributed by atoms with E-state index in [0.717, 1.165) is 6.42 Å². The number of anilines is 2. The van der Waals surface area contributed by atoms with Gasteiger partial charge in [-0.2, -0.15) is 0 Å². The molecule has 0 spiro atoms. The third kappa shape index (κ3) is 5.68. The summed E-state index contributed by atoms with van der Waals surface area (Å²) < 4.78 is 12.1. The maximum Gasteiger partial charge on any atom is 0.197 e. The number of hydrogen-bond acceptors (Lipinski definition) is 7. The van der Waals surface area contributed by atoms with E-state index >= 15 is 0 Å². The molecule has 0 aliphatic rings. The first-order valence-electron chi connectivity index (χ1n) is 12.0. The molecular weight excluding hydrogens is 456 g/mol. The van der Waals surface area contributed by atoms with Gasteiger partial charge < -0.3 is 30.5 Å². The van der Waals surface area contributed by atoms with Gasteiger partial charge >= 0.3 is 0 Å². The SMILES string of the molecule is CC(=O)CCCCc1oc2cc(OCCc3ccccc3)ccc2c1C(=O)c1cc(N)c(O)c(N)c1. The number of Topliss-reactive ketones (excluding diaryl/α,β-unsaturated/α-hetero) is 1. The van der Waals surface area contributed by atoms with Crippen molar-refractivity contribution in [1.82, 2.24) is 0 Å². The van der Waals surface area contributed by atoms with Gasteiger partial charge in [0, 0.05) is 36.3 Å². The highest BCUT2D eigenvalue weighted by Crippen LogP contribution is 2.35. The van der Waals surface area contributed by atoms with Gasteiger partial charge in [-0.25, -0.2) is 0 Å². The molecule has 0 radical (unpaired) electrons. The summed E-state index contributed by atoms with van der Waals surface area (Å²) in [6.45, 7) is 2.07. The molecule has 0 bridgehead atoms. The molecule has 0 aliphatic heterocycles. The number of fused-ring (bicyclic) bond motifs is 1. The van der Waals surface area contributed by atoms with Gasteiger partial charge in [-0.05, 0) is 49.6 Å². The number of nitrogen functional groups attached to an aromatic ring is 2. The van der Waals surface area contributed by atoms with Crippen molar-refractivity contribution >= 4 is 33.9 Å². The molecule has 7 nitrogen and oxygen atoms in total. The van der Waals surface area contributed by atoms with Gasteiger partial charge in [-0.3, -0.25) is 4.79 Å². The standard InChI is InChI=1S/C29H30N2O5/c1-18(32)7-5-6-10-25-27(28(33)20-15-23(30)29(34)24(31)16-20)22-12-11-21(17-26(22)36-25)35-14-13-19-8-3-2-4-9-19/h2-4,8-9,11-12,15-17,34H,5-7,10,13-14,30-31H2,1H3. The number of nitrogens with two attached hydrogens (primary N) is 2. The van der Waals surface area contributed by atoms with E-state index in [1.807, 2.05) is 30.3 Å². The van der Waals surface area contributed by atoms with Crippen molar-refractivity contribution in [2.45, 2.75) is 39.0 Å². The molecule has 4 aromatic rings. The number of benzene rings is 3. The summed E-state index contributed by atoms with van der Waals surface area (Å²) in [6, 6.07) is 18.3. The average molecular weight is 487 g/mol. The summed E-state index contributed by atoms with van der Waals surface area (Å²) in [6.07, 6.45) is 3.14. The Morgan fingerprint density at radius 1 is 0.944 bits per heavy atom. The fourth-order valence-electron chi connectivity index (χ4n) is 4.19. The molecule has 4 rings (SSSR count). The first-order chi connectivity index (χ1) is 17.3. The predicted octanol–water partition coefficient (Wildman–Crippen LogP) is 5.46. The van der Waals surface area contributed by atoms with Crippen molar-refractivity contribution in [3.63, 3.8) is 0 Å². The second-order valence-electron chi connectivity index (χ2n) is 8.88. The van der Waals surface area contributed by atoms with Crippen molar-refractivity contribution < 1.29 is 23.8 Å². The van der Waals surface area contributed by atoms with Crippen LogP contribution in [0.4, 0.5) is 11.4 Å². The van der Waals surface area contributed by atoms with Crippen LogP contribution in [-0.4, -0.2) is 23.3 Å². The van der Waals surface area contributed by atoms with Crippen LogP contribution in [0.25, 0.3) is 11.0 Å². The molecule has 0 atom stereocenters. The number of unbranched alkanes of at least 4 members (excludes halogenated alkanes) is 1. The quantitative estimate of drug-likeness (QED) is 0.111. The van der Waals surface area contributed by atoms with Gasteiger partial charge in [0.25, 0.3) is 0 Å². The summed E-state index contributed by atoms with van der Waals surface area (Å²) in [5, 5.41) is 10.6. The Bertz CT molecular complexity index is 1370. The number of phenols is 1. The summed E-state index contributed by atoms with van der Waals surface area (Å²) in [5.41, 5.74) is 14.2. The van der Waals surface area contributed by atoms with E-state index in [2.05, 4.69) is 12.1 Å². The molecule has 0 unspecified atom stereocenters. The van der Waals surface area contributed by atoms with E-state index in [-0.39, 0.29) is 34.3 Å². The molecule has 186 valence electrons. The van der Waals surface area contributed by atoms with Crippen LogP contribution in [0.5, 0.6) is 11.5 Å². The van der Waals surface area contributed by atoms with Crippen LogP contribution in [0, 0.1) is 0 Å². The minimum Gasteiger partial charge on any atom is -0.504 e. The second kappa shape index (κ2) is 11.0. The van der Waals surface area contributed by atoms with Crippen LogP contribution >= 0.6 is 0 Å². The van der Waals surface area contributed by atoms with Gasteiger partial charge in [-0.1, -0.05) is 30.3 Å². The fraction of sp³-hybridized carbons (Fsp3) is 0.241. The lowest BCUT2D eigenvalue weighted by Crippen LogP contribution is -2.06. The fourth-order valence-corrected chi connectivity index (χ4v) is 4.19. The lowest BCUT2D eigenvalue weighted by atomic mass is 9.97. The minimum atomic E-state index is -0.300. The zero-order chi connectivity index (χ0) is 25.7. The molecule has 7 heteroatoms. The zero-order valence-corrected chi connectivity index (χ0v) is 20.3. The van der Waals surface area contributed by atoms with E-state index in [1.165, 1.54) is 17.7 Å². The monoisotopic (exact) mass is 486 g/mol. The number of phenolic OH excluding ortho intramolecular Hbond substituents is 1. The van der Waals surface area contributed by atoms with Crippen LogP contribution < -0.4 is 16.2 Å². The molecular formula is C29H30N2O5. The molecule has 36 heavy (non-hydrogen) atoms. The molecule has 5 N–H and O–H groups in total. The van der Waals surface area contributed by atoms with Crippen LogP contribution in [0.2, 0.25) is 0 Å². The third-order valence-corrected chi connectivity index (χ3v) is 6.08. The van der Waals surface area contributed by atoms with Crippen molar-refractivity contribution in [2.24, 2.45) is 0 Å². The Balaban J connectivity index is 1.62. The summed E-state index contributed by atoms with van der Waals surface area (Å²) in [4.78, 5) is 24.9. The topological polar surface area (TPSA) is 129 Å². The number of ether oxygens (including phenoxy) is 1. The van der Waals surface area contributed by atoms with Crippen LogP contribution in [0.1, 0.15) is 53.4 Å². The molecule has 0 amide bonds. The van der Waals surface area contributed by atoms with E-state index in [0.29, 0.717) is 60.3 Å². The average Bonchev–Trinajstić information content (AvgIpc) is 3.22. The van der Waals surface area contributed by atoms with Crippen molar-refractivity contribution in [3.8, 4) is 11.5 Å². The Labute approximate surface area is 209 Å². The summed E-state index contributed by atoms with van der Waals surface area (Å²) >= 11 is 0. The van der Waals surface area contributed by atoms with Gasteiger partial charge in [0.1, 0.15) is 22.9 Å². The highest BCUT2D eigenvalue weighted by Gasteiger charge is 2.23. The Kier molecular flexibility index (Phi) is 7.59. The van der Waals surface area contributed by atoms with E-state index in [4.69, 9.17) is 20.6 Å². The first kappa shape index (κ1) is 24.9. The number of ketones is 2. The normalized spacial score (nSPS) is 11.0. The molecule has 0 fully saturated rings. The van der Waals surface area contributed by atoms with Crippen molar-refractivity contribution in [3.05, 3.63) is 83.1 Å². The summed E-state index contributed by atoms with van der Waals surface area (Å²) in [7, 11) is 0. The largest absolute Gasteiger partial charge is 0.504 e. The predicted molar refractivity (Wildman–Crippen MR) is 140 cm³/mol. The first-order valence-corrected chi connectivity index (χ1v) is 12.0. The molecule has 0 saturated carbocycles. The second-order valence-corrected chi connectivity index (χ2v) is 8.88. The van der Waals surface area contributed by atoms with Crippen molar-refractivity contribution in [1.29, 1.82) is 0 Å². The lowest BCUT2D eigenvalue weighted by molar-refractivity contribution is -0.117. The number of hydrogen-bond donors (Lipinski definition) is 3. The van der Waals surface area contributed by atoms with Gasteiger partial charge in [0.05, 0.1) is 23.5 Å². The van der Waals surface area contributed by atoms with Crippen LogP contribution in [0.15, 0.2) is 65.1 Å². The van der Waals surface area contributed by atoms with E-state index < -0.39 is 0 Å². The third-order valence-electron chi connectivity index (χ3n) is 6.08. The number of rotatable bonds is 11. The van der Waals surface area contributed by atoms with Gasteiger partial charge in [0.2, 0.25) is 0 Å². The number of carbonyl (C=O) groups excluding carboxylic acids is 2. The Morgan fingerprint density at radius 2 is 1.67 bits per heavy atom. The highest BCUT2D eigenvalue weighted by molar-refractivity contribution is 6.17. The smallest absolute Gasteiger partial charge is 0.197 e. The van der Waals surface area contributed by atoms with E-state index in [9.17, 15) is 14.7 Å². The summed E-state index contributed by atoms with van der Waals surface area (Å²) in [5.74, 6) is 0.762. The molecule has 0 aliphatic carbocycles. The molecule has 3 aromatic carbocycles. The maximum absolute atomic E-state index is 13.6.